The van der Waals surface area contributed by atoms with Gasteiger partial charge in [0.15, 0.2) is 6.61 Å². The normalized spacial score (nSPS) is 16.3. The molecule has 0 spiro atoms. The van der Waals surface area contributed by atoms with Crippen molar-refractivity contribution in [3.05, 3.63) is 29.3 Å². The Morgan fingerprint density at radius 3 is 2.48 bits per heavy atom. The number of amides is 1. The van der Waals surface area contributed by atoms with Crippen molar-refractivity contribution in [2.45, 2.75) is 32.7 Å². The van der Waals surface area contributed by atoms with E-state index in [2.05, 4.69) is 4.72 Å². The van der Waals surface area contributed by atoms with Crippen LogP contribution in [0.15, 0.2) is 18.2 Å². The summed E-state index contributed by atoms with van der Waals surface area (Å²) in [5.41, 5.74) is 2.16. The molecule has 1 amide bonds. The molecule has 0 atom stereocenters. The molecule has 2 rings (SSSR count). The number of nitrogens with one attached hydrogen (secondary N) is 1. The SMILES string of the molecule is Cc1ccc(OCC(=O)N2CCC(NS(=O)(=O)N(C)C)CC2)c(C)c1. The second-order valence-electron chi connectivity index (χ2n) is 6.62. The number of nitrogens with zero attached hydrogens (tertiary/aromatic N) is 2. The maximum absolute atomic E-state index is 12.3. The summed E-state index contributed by atoms with van der Waals surface area (Å²) < 4.78 is 33.1. The molecular formula is C17H27N3O4S. The van der Waals surface area contributed by atoms with Crippen LogP contribution in [-0.2, 0) is 15.0 Å². The highest BCUT2D eigenvalue weighted by Crippen LogP contribution is 2.19. The first-order chi connectivity index (χ1) is 11.7. The Balaban J connectivity index is 1.81. The van der Waals surface area contributed by atoms with Gasteiger partial charge in [0.1, 0.15) is 5.75 Å². The Labute approximate surface area is 150 Å². The third-order valence-electron chi connectivity index (χ3n) is 4.33. The summed E-state index contributed by atoms with van der Waals surface area (Å²) in [7, 11) is -0.452. The lowest BCUT2D eigenvalue weighted by atomic mass is 10.1. The van der Waals surface area contributed by atoms with Crippen molar-refractivity contribution in [1.82, 2.24) is 13.9 Å². The molecule has 1 saturated heterocycles. The molecule has 0 aliphatic carbocycles. The standard InChI is InChI=1S/C17H27N3O4S/c1-13-5-6-16(14(2)11-13)24-12-17(21)20-9-7-15(8-10-20)18-25(22,23)19(3)4/h5-6,11,15,18H,7-10,12H2,1-4H3. The maximum atomic E-state index is 12.3. The van der Waals surface area contributed by atoms with Crippen LogP contribution in [0.2, 0.25) is 0 Å². The number of benzene rings is 1. The largest absolute Gasteiger partial charge is 0.484 e. The molecule has 1 aliphatic heterocycles. The van der Waals surface area contributed by atoms with Gasteiger partial charge in [-0.3, -0.25) is 4.79 Å². The predicted octanol–water partition coefficient (Wildman–Crippen LogP) is 1.07. The van der Waals surface area contributed by atoms with E-state index < -0.39 is 10.2 Å². The summed E-state index contributed by atoms with van der Waals surface area (Å²) >= 11 is 0. The predicted molar refractivity (Wildman–Crippen MR) is 96.8 cm³/mol. The minimum absolute atomic E-state index is 0.00199. The smallest absolute Gasteiger partial charge is 0.279 e. The molecule has 8 heteroatoms. The summed E-state index contributed by atoms with van der Waals surface area (Å²) in [5.74, 6) is 0.640. The van der Waals surface area contributed by atoms with Crippen LogP contribution in [0.4, 0.5) is 0 Å². The lowest BCUT2D eigenvalue weighted by Gasteiger charge is -2.32. The van der Waals surface area contributed by atoms with E-state index in [1.807, 2.05) is 32.0 Å². The summed E-state index contributed by atoms with van der Waals surface area (Å²) in [6, 6.07) is 5.70. The van der Waals surface area contributed by atoms with E-state index in [1.165, 1.54) is 14.1 Å². The van der Waals surface area contributed by atoms with E-state index >= 15 is 0 Å². The first-order valence-electron chi connectivity index (χ1n) is 8.36. The summed E-state index contributed by atoms with van der Waals surface area (Å²) in [6.45, 7) is 5.01. The maximum Gasteiger partial charge on any atom is 0.279 e. The monoisotopic (exact) mass is 369 g/mol. The number of carbonyl (C=O) groups excluding carboxylic acids is 1. The first-order valence-corrected chi connectivity index (χ1v) is 9.80. The average molecular weight is 369 g/mol. The molecule has 1 aliphatic rings. The molecule has 0 saturated carbocycles. The minimum Gasteiger partial charge on any atom is -0.484 e. The van der Waals surface area contributed by atoms with E-state index in [0.717, 1.165) is 15.4 Å². The van der Waals surface area contributed by atoms with Gasteiger partial charge in [0.25, 0.3) is 16.1 Å². The van der Waals surface area contributed by atoms with Crippen LogP contribution < -0.4 is 9.46 Å². The number of likely N-dealkylation sites (tertiary alicyclic amines) is 1. The quantitative estimate of drug-likeness (QED) is 0.814. The van der Waals surface area contributed by atoms with Crippen molar-refractivity contribution >= 4 is 16.1 Å². The van der Waals surface area contributed by atoms with Crippen molar-refractivity contribution < 1.29 is 17.9 Å². The van der Waals surface area contributed by atoms with E-state index in [-0.39, 0.29) is 18.6 Å². The number of aryl methyl sites for hydroxylation is 2. The highest BCUT2D eigenvalue weighted by Gasteiger charge is 2.26. The van der Waals surface area contributed by atoms with Crippen LogP contribution in [0.25, 0.3) is 0 Å². The molecule has 1 fully saturated rings. The Kier molecular flexibility index (Phi) is 6.42. The highest BCUT2D eigenvalue weighted by atomic mass is 32.2. The summed E-state index contributed by atoms with van der Waals surface area (Å²) in [6.07, 6.45) is 1.20. The Morgan fingerprint density at radius 1 is 1.28 bits per heavy atom. The number of carbonyl (C=O) groups is 1. The van der Waals surface area contributed by atoms with Gasteiger partial charge >= 0.3 is 0 Å². The molecule has 1 N–H and O–H groups in total. The molecule has 1 heterocycles. The van der Waals surface area contributed by atoms with Crippen molar-refractivity contribution in [2.75, 3.05) is 33.8 Å². The van der Waals surface area contributed by atoms with E-state index in [0.29, 0.717) is 31.7 Å². The minimum atomic E-state index is -3.43. The number of hydrogen-bond acceptors (Lipinski definition) is 4. The Bertz CT molecular complexity index is 711. The average Bonchev–Trinajstić information content (AvgIpc) is 2.54. The topological polar surface area (TPSA) is 79.0 Å². The van der Waals surface area contributed by atoms with Gasteiger partial charge in [-0.15, -0.1) is 0 Å². The Morgan fingerprint density at radius 2 is 1.92 bits per heavy atom. The molecule has 0 bridgehead atoms. The second-order valence-corrected chi connectivity index (χ2v) is 8.53. The molecule has 0 aromatic heterocycles. The lowest BCUT2D eigenvalue weighted by Crippen LogP contribution is -2.49. The molecule has 7 nitrogen and oxygen atoms in total. The first kappa shape index (κ1) is 19.7. The molecule has 140 valence electrons. The van der Waals surface area contributed by atoms with Crippen LogP contribution in [0.5, 0.6) is 5.75 Å². The molecule has 25 heavy (non-hydrogen) atoms. The molecular weight excluding hydrogens is 342 g/mol. The zero-order valence-corrected chi connectivity index (χ0v) is 16.1. The van der Waals surface area contributed by atoms with Crippen molar-refractivity contribution in [2.24, 2.45) is 0 Å². The van der Waals surface area contributed by atoms with Gasteiger partial charge in [0, 0.05) is 33.2 Å². The number of ether oxygens (including phenoxy) is 1. The van der Waals surface area contributed by atoms with Crippen LogP contribution in [-0.4, -0.2) is 63.4 Å². The highest BCUT2D eigenvalue weighted by molar-refractivity contribution is 7.87. The van der Waals surface area contributed by atoms with Gasteiger partial charge in [-0.2, -0.15) is 17.4 Å². The van der Waals surface area contributed by atoms with Crippen LogP contribution in [0.3, 0.4) is 0 Å². The zero-order valence-electron chi connectivity index (χ0n) is 15.3. The summed E-state index contributed by atoms with van der Waals surface area (Å²) in [4.78, 5) is 14.0. The van der Waals surface area contributed by atoms with Gasteiger partial charge in [0.05, 0.1) is 0 Å². The van der Waals surface area contributed by atoms with Crippen molar-refractivity contribution in [3.63, 3.8) is 0 Å². The number of piperidine rings is 1. The van der Waals surface area contributed by atoms with Gasteiger partial charge < -0.3 is 9.64 Å². The molecule has 0 unspecified atom stereocenters. The fraction of sp³-hybridized carbons (Fsp3) is 0.588. The molecule has 1 aromatic carbocycles. The second kappa shape index (κ2) is 8.16. The zero-order chi connectivity index (χ0) is 18.6. The van der Waals surface area contributed by atoms with Gasteiger partial charge in [0.2, 0.25) is 0 Å². The van der Waals surface area contributed by atoms with E-state index in [9.17, 15) is 13.2 Å². The fourth-order valence-electron chi connectivity index (χ4n) is 2.75. The van der Waals surface area contributed by atoms with Crippen LogP contribution in [0.1, 0.15) is 24.0 Å². The number of rotatable bonds is 6. The van der Waals surface area contributed by atoms with Crippen molar-refractivity contribution in [1.29, 1.82) is 0 Å². The van der Waals surface area contributed by atoms with Crippen LogP contribution in [0, 0.1) is 13.8 Å². The Hall–Kier alpha value is -1.64. The van der Waals surface area contributed by atoms with E-state index in [4.69, 9.17) is 4.74 Å². The third-order valence-corrected chi connectivity index (χ3v) is 5.92. The van der Waals surface area contributed by atoms with Crippen LogP contribution >= 0.6 is 0 Å². The lowest BCUT2D eigenvalue weighted by molar-refractivity contribution is -0.134. The number of hydrogen-bond donors (Lipinski definition) is 1. The van der Waals surface area contributed by atoms with Crippen molar-refractivity contribution in [3.8, 4) is 5.75 Å². The summed E-state index contributed by atoms with van der Waals surface area (Å²) in [5, 5.41) is 0. The van der Waals surface area contributed by atoms with Gasteiger partial charge in [-0.05, 0) is 38.3 Å². The van der Waals surface area contributed by atoms with Gasteiger partial charge in [-0.1, -0.05) is 17.7 Å². The molecule has 0 radical (unpaired) electrons. The fourth-order valence-corrected chi connectivity index (χ4v) is 3.62. The van der Waals surface area contributed by atoms with E-state index in [1.54, 1.807) is 4.90 Å². The van der Waals surface area contributed by atoms with Gasteiger partial charge in [-0.25, -0.2) is 0 Å². The third kappa shape index (κ3) is 5.42. The molecule has 1 aromatic rings.